The molecule has 1 aliphatic heterocycles. The number of hydrogen-bond donors (Lipinski definition) is 1. The van der Waals surface area contributed by atoms with Crippen LogP contribution in [0.1, 0.15) is 23.0 Å². The van der Waals surface area contributed by atoms with Gasteiger partial charge in [-0.25, -0.2) is 9.97 Å². The van der Waals surface area contributed by atoms with Crippen molar-refractivity contribution >= 4 is 23.4 Å². The van der Waals surface area contributed by atoms with E-state index in [1.807, 2.05) is 36.9 Å². The van der Waals surface area contributed by atoms with Gasteiger partial charge in [-0.1, -0.05) is 29.8 Å². The van der Waals surface area contributed by atoms with Crippen LogP contribution in [0.3, 0.4) is 0 Å². The van der Waals surface area contributed by atoms with Crippen molar-refractivity contribution in [2.24, 2.45) is 7.05 Å². The zero-order chi connectivity index (χ0) is 27.3. The highest BCUT2D eigenvalue weighted by molar-refractivity contribution is 6.31. The number of methoxy groups -OCH3 is 1. The second-order valence-corrected chi connectivity index (χ2v) is 9.74. The molecule has 0 saturated carbocycles. The molecule has 6 rings (SSSR count). The minimum Gasteiger partial charge on any atom is -0.382 e. The highest BCUT2D eigenvalue weighted by atomic mass is 35.5. The summed E-state index contributed by atoms with van der Waals surface area (Å²) >= 11 is 6.15. The number of halogens is 3. The van der Waals surface area contributed by atoms with Crippen LogP contribution in [-0.4, -0.2) is 52.8 Å². The van der Waals surface area contributed by atoms with Crippen molar-refractivity contribution in [2.45, 2.75) is 25.4 Å². The molecule has 0 radical (unpaired) electrons. The summed E-state index contributed by atoms with van der Waals surface area (Å²) in [5.74, 6) is -2.49. The number of nitrogens with one attached hydrogen (secondary N) is 1. The smallest absolute Gasteiger partial charge is 0.333 e. The average molecular weight is 552 g/mol. The van der Waals surface area contributed by atoms with Gasteiger partial charge in [0.25, 0.3) is 0 Å². The van der Waals surface area contributed by atoms with Crippen LogP contribution in [0.4, 0.5) is 20.5 Å². The third-order valence-corrected chi connectivity index (χ3v) is 7.08. The minimum atomic E-state index is -3.47. The monoisotopic (exact) mass is 551 g/mol. The van der Waals surface area contributed by atoms with Gasteiger partial charge in [-0.05, 0) is 24.6 Å². The van der Waals surface area contributed by atoms with Crippen LogP contribution in [0, 0.1) is 6.92 Å². The highest BCUT2D eigenvalue weighted by Crippen LogP contribution is 2.43. The number of fused-ring (bicyclic) bond motifs is 3. The Hall–Kier alpha value is -4.16. The summed E-state index contributed by atoms with van der Waals surface area (Å²) in [5.41, 5.74) is 2.67. The summed E-state index contributed by atoms with van der Waals surface area (Å²) in [7, 11) is 3.35. The molecule has 1 N–H and O–H groups in total. The van der Waals surface area contributed by atoms with Gasteiger partial charge in [0, 0.05) is 50.3 Å². The van der Waals surface area contributed by atoms with Crippen molar-refractivity contribution in [3.8, 4) is 22.8 Å². The first-order valence-corrected chi connectivity index (χ1v) is 12.5. The van der Waals surface area contributed by atoms with E-state index in [0.29, 0.717) is 29.7 Å². The predicted molar refractivity (Wildman–Crippen MR) is 141 cm³/mol. The Bertz CT molecular complexity index is 1680. The number of alkyl halides is 2. The van der Waals surface area contributed by atoms with E-state index < -0.39 is 17.8 Å². The zero-order valence-corrected chi connectivity index (χ0v) is 22.1. The molecule has 13 heteroatoms. The van der Waals surface area contributed by atoms with Crippen molar-refractivity contribution in [1.29, 1.82) is 0 Å². The number of hydrogen-bond acceptors (Lipinski definition) is 7. The lowest BCUT2D eigenvalue weighted by Crippen LogP contribution is -2.31. The topological polar surface area (TPSA) is 100 Å². The van der Waals surface area contributed by atoms with Crippen LogP contribution in [0.5, 0.6) is 0 Å². The SMILES string of the molecule is COC[C@H]1Cn2cc(-c3nc(Nc4ccnn4C)ncc3C)cc2-c2nnc(C(F)(F)c3ccccc3Cl)n21. The highest BCUT2D eigenvalue weighted by Gasteiger charge is 2.45. The standard InChI is InChI=1S/C26H24ClF2N9O/c1-15-11-30-25(32-21-8-9-31-36(21)2)33-22(15)16-10-20-23-34-35-24(26(28,29)18-6-4-5-7-19(18)27)38(23)17(14-39-3)13-37(20)12-16/h4-12,17H,13-14H2,1-3H3,(H,30,32,33)/t17-/m1/s1. The summed E-state index contributed by atoms with van der Waals surface area (Å²) in [4.78, 5) is 9.12. The van der Waals surface area contributed by atoms with Gasteiger partial charge in [0.1, 0.15) is 5.82 Å². The number of aryl methyl sites for hydroxylation is 2. The first-order valence-electron chi connectivity index (χ1n) is 12.1. The van der Waals surface area contributed by atoms with Crippen LogP contribution < -0.4 is 5.32 Å². The van der Waals surface area contributed by atoms with Gasteiger partial charge in [-0.3, -0.25) is 9.25 Å². The second-order valence-electron chi connectivity index (χ2n) is 9.34. The molecular weight excluding hydrogens is 528 g/mol. The number of anilines is 2. The number of nitrogens with zero attached hydrogens (tertiary/aromatic N) is 8. The van der Waals surface area contributed by atoms with Gasteiger partial charge < -0.3 is 14.6 Å². The fourth-order valence-corrected chi connectivity index (χ4v) is 5.13. The summed E-state index contributed by atoms with van der Waals surface area (Å²) in [6.07, 6.45) is 5.34. The van der Waals surface area contributed by atoms with E-state index >= 15 is 8.78 Å². The molecule has 0 aliphatic carbocycles. The Kier molecular flexibility index (Phi) is 6.15. The quantitative estimate of drug-likeness (QED) is 0.304. The Morgan fingerprint density at radius 1 is 1.21 bits per heavy atom. The zero-order valence-electron chi connectivity index (χ0n) is 21.3. The molecule has 0 saturated heterocycles. The molecule has 0 unspecified atom stereocenters. The van der Waals surface area contributed by atoms with E-state index in [9.17, 15) is 0 Å². The van der Waals surface area contributed by atoms with E-state index in [-0.39, 0.29) is 17.2 Å². The molecule has 5 heterocycles. The second kappa shape index (κ2) is 9.54. The van der Waals surface area contributed by atoms with Gasteiger partial charge >= 0.3 is 5.92 Å². The number of benzene rings is 1. The molecule has 0 fully saturated rings. The third-order valence-electron chi connectivity index (χ3n) is 6.75. The molecule has 39 heavy (non-hydrogen) atoms. The number of aromatic nitrogens is 8. The molecule has 4 aromatic heterocycles. The average Bonchev–Trinajstić information content (AvgIpc) is 3.64. The van der Waals surface area contributed by atoms with Crippen molar-refractivity contribution in [3.05, 3.63) is 77.0 Å². The molecule has 5 aromatic rings. The Balaban J connectivity index is 1.43. The predicted octanol–water partition coefficient (Wildman–Crippen LogP) is 4.98. The van der Waals surface area contributed by atoms with Gasteiger partial charge in [0.05, 0.1) is 35.3 Å². The summed E-state index contributed by atoms with van der Waals surface area (Å²) < 4.78 is 42.2. The molecular formula is C26H24ClF2N9O. The van der Waals surface area contributed by atoms with Gasteiger partial charge in [0.2, 0.25) is 11.8 Å². The maximum absolute atomic E-state index is 15.8. The maximum atomic E-state index is 15.8. The number of rotatable bonds is 7. The van der Waals surface area contributed by atoms with Crippen molar-refractivity contribution in [3.63, 3.8) is 0 Å². The Morgan fingerprint density at radius 2 is 2.03 bits per heavy atom. The van der Waals surface area contributed by atoms with E-state index in [1.54, 1.807) is 23.1 Å². The fraction of sp³-hybridized carbons (Fsp3) is 0.269. The first-order chi connectivity index (χ1) is 18.8. The lowest BCUT2D eigenvalue weighted by Gasteiger charge is -2.29. The van der Waals surface area contributed by atoms with Crippen LogP contribution in [0.15, 0.2) is 55.0 Å². The summed E-state index contributed by atoms with van der Waals surface area (Å²) in [6, 6.07) is 9.09. The van der Waals surface area contributed by atoms with Crippen LogP contribution in [-0.2, 0) is 24.3 Å². The van der Waals surface area contributed by atoms with E-state index in [2.05, 4.69) is 25.6 Å². The Labute approximate surface area is 227 Å². The van der Waals surface area contributed by atoms with Gasteiger partial charge in [-0.2, -0.15) is 13.9 Å². The largest absolute Gasteiger partial charge is 0.382 e. The Morgan fingerprint density at radius 3 is 2.77 bits per heavy atom. The third kappa shape index (κ3) is 4.25. The molecule has 1 aliphatic rings. The van der Waals surface area contributed by atoms with Crippen molar-refractivity contribution < 1.29 is 13.5 Å². The van der Waals surface area contributed by atoms with Crippen LogP contribution in [0.25, 0.3) is 22.8 Å². The first kappa shape index (κ1) is 25.1. The van der Waals surface area contributed by atoms with Crippen LogP contribution >= 0.6 is 11.6 Å². The fourth-order valence-electron chi connectivity index (χ4n) is 4.87. The van der Waals surface area contributed by atoms with E-state index in [1.165, 1.54) is 29.9 Å². The van der Waals surface area contributed by atoms with Crippen molar-refractivity contribution in [2.75, 3.05) is 19.0 Å². The van der Waals surface area contributed by atoms with Crippen molar-refractivity contribution in [1.82, 2.24) is 39.1 Å². The molecule has 1 atom stereocenters. The van der Waals surface area contributed by atoms with Gasteiger partial charge in [0.15, 0.2) is 5.82 Å². The molecule has 0 spiro atoms. The summed E-state index contributed by atoms with van der Waals surface area (Å²) in [5, 5.41) is 15.5. The molecule has 0 amide bonds. The van der Waals surface area contributed by atoms with Crippen LogP contribution in [0.2, 0.25) is 5.02 Å². The molecule has 200 valence electrons. The molecule has 1 aromatic carbocycles. The van der Waals surface area contributed by atoms with Gasteiger partial charge in [-0.15, -0.1) is 10.2 Å². The normalized spacial score (nSPS) is 14.8. The summed E-state index contributed by atoms with van der Waals surface area (Å²) in [6.45, 7) is 2.48. The minimum absolute atomic E-state index is 0.0422. The maximum Gasteiger partial charge on any atom is 0.333 e. The lowest BCUT2D eigenvalue weighted by molar-refractivity contribution is 0.0235. The number of ether oxygens (including phenoxy) is 1. The molecule has 0 bridgehead atoms. The van der Waals surface area contributed by atoms with E-state index in [4.69, 9.17) is 21.3 Å². The van der Waals surface area contributed by atoms with E-state index in [0.717, 1.165) is 16.9 Å². The molecule has 10 nitrogen and oxygen atoms in total. The lowest BCUT2D eigenvalue weighted by atomic mass is 10.1.